The minimum Gasteiger partial charge on any atom is -0.393 e. The van der Waals surface area contributed by atoms with Crippen molar-refractivity contribution < 1.29 is 10.0 Å². The second kappa shape index (κ2) is 8.16. The summed E-state index contributed by atoms with van der Waals surface area (Å²) in [4.78, 5) is 17.8. The Morgan fingerprint density at radius 1 is 1.16 bits per heavy atom. The Morgan fingerprint density at radius 3 is 2.65 bits per heavy atom. The smallest absolute Gasteiger partial charge is 0.258 e. The lowest BCUT2D eigenvalue weighted by molar-refractivity contribution is -0.932. The summed E-state index contributed by atoms with van der Waals surface area (Å²) in [6.07, 6.45) is 5.70. The second-order valence-corrected chi connectivity index (χ2v) is 9.27. The molecule has 8 heteroatoms. The minimum absolute atomic E-state index is 0.0780. The number of aromatic amines is 1. The van der Waals surface area contributed by atoms with Crippen LogP contribution in [0.5, 0.6) is 0 Å². The van der Waals surface area contributed by atoms with E-state index in [9.17, 15) is 9.90 Å². The summed E-state index contributed by atoms with van der Waals surface area (Å²) in [6, 6.07) is 6.24. The zero-order valence-corrected chi connectivity index (χ0v) is 18.3. The van der Waals surface area contributed by atoms with E-state index < -0.39 is 0 Å². The van der Waals surface area contributed by atoms with Gasteiger partial charge in [-0.1, -0.05) is 25.0 Å². The van der Waals surface area contributed by atoms with Crippen molar-refractivity contribution in [1.29, 1.82) is 0 Å². The first-order valence-electron chi connectivity index (χ1n) is 11.5. The largest absolute Gasteiger partial charge is 0.393 e. The van der Waals surface area contributed by atoms with Crippen LogP contribution in [0.2, 0.25) is 0 Å². The van der Waals surface area contributed by atoms with Crippen LogP contribution >= 0.6 is 0 Å². The molecule has 2 fully saturated rings. The molecular formula is C23H31N6O2+. The van der Waals surface area contributed by atoms with Crippen molar-refractivity contribution in [2.75, 3.05) is 13.1 Å². The van der Waals surface area contributed by atoms with Gasteiger partial charge in [0.25, 0.3) is 5.56 Å². The van der Waals surface area contributed by atoms with Gasteiger partial charge in [0, 0.05) is 12.8 Å². The number of rotatable bonds is 4. The summed E-state index contributed by atoms with van der Waals surface area (Å²) in [6.45, 7) is 5.67. The van der Waals surface area contributed by atoms with E-state index >= 15 is 0 Å². The van der Waals surface area contributed by atoms with Crippen LogP contribution in [0.15, 0.2) is 23.0 Å². The molecule has 3 N–H and O–H groups in total. The van der Waals surface area contributed by atoms with Crippen molar-refractivity contribution in [1.82, 2.24) is 25.2 Å². The third kappa shape index (κ3) is 3.68. The number of quaternary nitrogens is 1. The quantitative estimate of drug-likeness (QED) is 0.589. The van der Waals surface area contributed by atoms with Crippen LogP contribution in [0.1, 0.15) is 73.1 Å². The number of nitrogens with one attached hydrogen (secondary N) is 2. The van der Waals surface area contributed by atoms with Crippen molar-refractivity contribution in [3.05, 3.63) is 51.1 Å². The van der Waals surface area contributed by atoms with Gasteiger partial charge in [-0.15, -0.1) is 5.10 Å². The Kier molecular flexibility index (Phi) is 5.35. The van der Waals surface area contributed by atoms with E-state index in [0.717, 1.165) is 66.6 Å². The molecule has 0 unspecified atom stereocenters. The Balaban J connectivity index is 1.65. The van der Waals surface area contributed by atoms with Gasteiger partial charge in [0.15, 0.2) is 6.04 Å². The summed E-state index contributed by atoms with van der Waals surface area (Å²) in [5.41, 5.74) is 3.78. The first-order valence-corrected chi connectivity index (χ1v) is 11.5. The maximum Gasteiger partial charge on any atom is 0.258 e. The van der Waals surface area contributed by atoms with Crippen LogP contribution < -0.4 is 10.5 Å². The second-order valence-electron chi connectivity index (χ2n) is 9.27. The highest BCUT2D eigenvalue weighted by molar-refractivity contribution is 5.83. The molecular weight excluding hydrogens is 392 g/mol. The molecule has 0 radical (unpaired) electrons. The van der Waals surface area contributed by atoms with Crippen LogP contribution in [-0.4, -0.2) is 49.5 Å². The number of aryl methyl sites for hydroxylation is 2. The van der Waals surface area contributed by atoms with Crippen LogP contribution in [0, 0.1) is 13.8 Å². The van der Waals surface area contributed by atoms with E-state index in [0.29, 0.717) is 11.6 Å². The average molecular weight is 424 g/mol. The predicted octanol–water partition coefficient (Wildman–Crippen LogP) is 1.38. The number of likely N-dealkylation sites (tertiary alicyclic amines) is 1. The van der Waals surface area contributed by atoms with Gasteiger partial charge >= 0.3 is 0 Å². The molecule has 2 aliphatic rings. The first kappa shape index (κ1) is 20.3. The molecule has 164 valence electrons. The monoisotopic (exact) mass is 423 g/mol. The van der Waals surface area contributed by atoms with Crippen LogP contribution in [-0.2, 0) is 0 Å². The molecule has 0 amide bonds. The van der Waals surface area contributed by atoms with Gasteiger partial charge in [-0.2, -0.15) is 0 Å². The molecule has 5 rings (SSSR count). The summed E-state index contributed by atoms with van der Waals surface area (Å²) in [5.74, 6) is 0.770. The number of hydrogen-bond donors (Lipinski definition) is 3. The highest BCUT2D eigenvalue weighted by atomic mass is 16.3. The molecule has 2 aromatic heterocycles. The lowest BCUT2D eigenvalue weighted by Gasteiger charge is -2.33. The fourth-order valence-corrected chi connectivity index (χ4v) is 5.36. The summed E-state index contributed by atoms with van der Waals surface area (Å²) < 4.78 is 1.97. The standard InChI is InChI=1S/C23H30N6O2/c1-14-7-8-16-13-19(23(31)24-20(16)15(14)2)21(28-11-9-18(30)10-12-28)22-25-26-27-29(22)17-5-3-4-6-17/h7-8,13,17-18,21,30H,3-6,9-12H2,1-2H3,(H,24,31)/p+1/t21-/m1/s1. The minimum atomic E-state index is -0.268. The first-order chi connectivity index (χ1) is 15.0. The molecule has 1 aliphatic heterocycles. The number of fused-ring (bicyclic) bond motifs is 1. The molecule has 31 heavy (non-hydrogen) atoms. The lowest BCUT2D eigenvalue weighted by Crippen LogP contribution is -3.14. The van der Waals surface area contributed by atoms with Crippen LogP contribution in [0.25, 0.3) is 10.9 Å². The Morgan fingerprint density at radius 2 is 1.90 bits per heavy atom. The molecule has 1 aliphatic carbocycles. The van der Waals surface area contributed by atoms with Gasteiger partial charge in [-0.3, -0.25) is 4.79 Å². The maximum atomic E-state index is 13.4. The number of H-pyrrole nitrogens is 1. The van der Waals surface area contributed by atoms with Gasteiger partial charge in [0.2, 0.25) is 5.82 Å². The van der Waals surface area contributed by atoms with Crippen molar-refractivity contribution in [3.63, 3.8) is 0 Å². The summed E-state index contributed by atoms with van der Waals surface area (Å²) in [7, 11) is 0. The molecule has 1 atom stereocenters. The van der Waals surface area contributed by atoms with Gasteiger partial charge in [-0.05, 0) is 59.7 Å². The Bertz CT molecular complexity index is 1140. The van der Waals surface area contributed by atoms with Crippen molar-refractivity contribution in [2.24, 2.45) is 0 Å². The Hall–Kier alpha value is -2.58. The van der Waals surface area contributed by atoms with E-state index in [-0.39, 0.29) is 17.7 Å². The molecule has 8 nitrogen and oxygen atoms in total. The van der Waals surface area contributed by atoms with Gasteiger partial charge in [0.05, 0.1) is 36.3 Å². The number of benzene rings is 1. The van der Waals surface area contributed by atoms with Gasteiger partial charge < -0.3 is 15.0 Å². The SMILES string of the molecule is Cc1ccc2cc([C@H](c3nnnn3C3CCCC3)[NH+]3CCC(O)CC3)c(=O)[nH]c2c1C. The van der Waals surface area contributed by atoms with Crippen molar-refractivity contribution >= 4 is 10.9 Å². The molecule has 3 heterocycles. The van der Waals surface area contributed by atoms with Gasteiger partial charge in [-0.25, -0.2) is 4.68 Å². The van der Waals surface area contributed by atoms with E-state index in [4.69, 9.17) is 0 Å². The van der Waals surface area contributed by atoms with Crippen molar-refractivity contribution in [3.8, 4) is 0 Å². The average Bonchev–Trinajstić information content (AvgIpc) is 3.45. The van der Waals surface area contributed by atoms with Crippen LogP contribution in [0.3, 0.4) is 0 Å². The lowest BCUT2D eigenvalue weighted by atomic mass is 9.98. The molecule has 0 bridgehead atoms. The summed E-state index contributed by atoms with van der Waals surface area (Å²) in [5, 5.41) is 23.9. The number of aromatic nitrogens is 5. The fourth-order valence-electron chi connectivity index (χ4n) is 5.36. The predicted molar refractivity (Wildman–Crippen MR) is 117 cm³/mol. The number of pyridine rings is 1. The van der Waals surface area contributed by atoms with Crippen LogP contribution in [0.4, 0.5) is 0 Å². The third-order valence-corrected chi connectivity index (χ3v) is 7.34. The van der Waals surface area contributed by atoms with Gasteiger partial charge in [0.1, 0.15) is 0 Å². The normalized spacial score (nSPS) is 23.5. The Labute approximate surface area is 181 Å². The topological polar surface area (TPSA) is 101 Å². The molecule has 1 aromatic carbocycles. The molecule has 0 spiro atoms. The number of aliphatic hydroxyl groups is 1. The summed E-state index contributed by atoms with van der Waals surface area (Å²) >= 11 is 0. The number of aliphatic hydroxyl groups excluding tert-OH is 1. The zero-order valence-electron chi connectivity index (χ0n) is 18.3. The zero-order chi connectivity index (χ0) is 21.5. The highest BCUT2D eigenvalue weighted by Gasteiger charge is 2.38. The van der Waals surface area contributed by atoms with E-state index in [2.05, 4.69) is 39.6 Å². The number of hydrogen-bond acceptors (Lipinski definition) is 5. The number of tetrazole rings is 1. The molecule has 1 saturated heterocycles. The molecule has 1 saturated carbocycles. The highest BCUT2D eigenvalue weighted by Crippen LogP contribution is 2.31. The molecule has 3 aromatic rings. The van der Waals surface area contributed by atoms with Crippen molar-refractivity contribution in [2.45, 2.75) is 70.6 Å². The van der Waals surface area contributed by atoms with E-state index in [1.54, 1.807) is 0 Å². The van der Waals surface area contributed by atoms with E-state index in [1.807, 2.05) is 17.7 Å². The fraction of sp³-hybridized carbons (Fsp3) is 0.565. The number of nitrogens with zero attached hydrogens (tertiary/aromatic N) is 4. The van der Waals surface area contributed by atoms with E-state index in [1.165, 1.54) is 17.7 Å². The third-order valence-electron chi connectivity index (χ3n) is 7.34. The maximum absolute atomic E-state index is 13.4. The number of piperidine rings is 1.